The molecule has 7 heteroatoms. The lowest BCUT2D eigenvalue weighted by Crippen LogP contribution is -2.35. The van der Waals surface area contributed by atoms with E-state index in [0.29, 0.717) is 17.7 Å². The van der Waals surface area contributed by atoms with E-state index >= 15 is 0 Å². The Hall–Kier alpha value is -1.89. The Balaban J connectivity index is 0.00000180. The molecule has 5 N–H and O–H groups in total. The fraction of sp³-hybridized carbons (Fsp3) is 0.583. The van der Waals surface area contributed by atoms with E-state index in [4.69, 9.17) is 0 Å². The third kappa shape index (κ3) is 3.31. The van der Waals surface area contributed by atoms with E-state index in [1.54, 1.807) is 0 Å². The van der Waals surface area contributed by atoms with E-state index in [2.05, 4.69) is 21.9 Å². The lowest BCUT2D eigenvalue weighted by molar-refractivity contribution is 0.544. The SMILES string of the molecule is CCCCCCCn1c(=O)[nH]c2nc[nH]c2c1=O.N. The summed E-state index contributed by atoms with van der Waals surface area (Å²) in [5.74, 6) is 0. The van der Waals surface area contributed by atoms with E-state index in [-0.39, 0.29) is 17.4 Å². The maximum Gasteiger partial charge on any atom is 0.330 e. The zero-order valence-electron chi connectivity index (χ0n) is 11.2. The Labute approximate surface area is 110 Å². The molecule has 2 heterocycles. The molecule has 0 spiro atoms. The van der Waals surface area contributed by atoms with Crippen LogP contribution in [0.4, 0.5) is 0 Å². The van der Waals surface area contributed by atoms with E-state index < -0.39 is 0 Å². The van der Waals surface area contributed by atoms with E-state index in [0.717, 1.165) is 19.3 Å². The van der Waals surface area contributed by atoms with Gasteiger partial charge in [-0.25, -0.2) is 9.78 Å². The van der Waals surface area contributed by atoms with Gasteiger partial charge in [0.1, 0.15) is 5.52 Å². The number of H-pyrrole nitrogens is 2. The largest absolute Gasteiger partial charge is 0.344 e. The molecule has 0 saturated carbocycles. The van der Waals surface area contributed by atoms with Gasteiger partial charge in [-0.3, -0.25) is 14.3 Å². The average molecular weight is 267 g/mol. The van der Waals surface area contributed by atoms with Crippen molar-refractivity contribution in [2.75, 3.05) is 0 Å². The zero-order valence-corrected chi connectivity index (χ0v) is 11.2. The van der Waals surface area contributed by atoms with Crippen molar-refractivity contribution in [1.29, 1.82) is 0 Å². The fourth-order valence-corrected chi connectivity index (χ4v) is 2.02. The maximum absolute atomic E-state index is 12.0. The summed E-state index contributed by atoms with van der Waals surface area (Å²) in [6.07, 6.45) is 6.83. The average Bonchev–Trinajstić information content (AvgIpc) is 2.80. The first-order chi connectivity index (χ1) is 8.74. The van der Waals surface area contributed by atoms with Crippen LogP contribution in [0.2, 0.25) is 0 Å². The Bertz CT molecular complexity index is 625. The third-order valence-corrected chi connectivity index (χ3v) is 3.05. The van der Waals surface area contributed by atoms with Crippen LogP contribution < -0.4 is 17.4 Å². The minimum absolute atomic E-state index is 0. The number of unbranched alkanes of at least 4 members (excludes halogenated alkanes) is 4. The smallest absolute Gasteiger partial charge is 0.330 e. The first kappa shape index (κ1) is 15.2. The zero-order chi connectivity index (χ0) is 13.0. The molecule has 106 valence electrons. The lowest BCUT2D eigenvalue weighted by Gasteiger charge is -2.04. The second kappa shape index (κ2) is 6.89. The van der Waals surface area contributed by atoms with Gasteiger partial charge in [-0.1, -0.05) is 32.6 Å². The highest BCUT2D eigenvalue weighted by Gasteiger charge is 2.08. The molecule has 0 fully saturated rings. The highest BCUT2D eigenvalue weighted by atomic mass is 16.2. The van der Waals surface area contributed by atoms with Gasteiger partial charge in [-0.2, -0.15) is 0 Å². The molecule has 7 nitrogen and oxygen atoms in total. The summed E-state index contributed by atoms with van der Waals surface area (Å²) >= 11 is 0. The molecule has 0 aliphatic rings. The van der Waals surface area contributed by atoms with Crippen molar-refractivity contribution in [2.24, 2.45) is 0 Å². The Morgan fingerprint density at radius 2 is 1.95 bits per heavy atom. The Morgan fingerprint density at radius 1 is 1.21 bits per heavy atom. The molecule has 0 unspecified atom stereocenters. The molecule has 0 saturated heterocycles. The molecule has 2 aromatic rings. The second-order valence-corrected chi connectivity index (χ2v) is 4.43. The lowest BCUT2D eigenvalue weighted by atomic mass is 10.1. The number of hydrogen-bond acceptors (Lipinski definition) is 4. The topological polar surface area (TPSA) is 119 Å². The number of nitrogens with one attached hydrogen (secondary N) is 2. The molecule has 0 bridgehead atoms. The molecule has 0 aliphatic heterocycles. The number of hydrogen-bond donors (Lipinski definition) is 3. The molecule has 0 aliphatic carbocycles. The van der Waals surface area contributed by atoms with Crippen molar-refractivity contribution in [1.82, 2.24) is 25.7 Å². The summed E-state index contributed by atoms with van der Waals surface area (Å²) in [7, 11) is 0. The maximum atomic E-state index is 12.0. The molecule has 0 aromatic carbocycles. The molecule has 0 amide bonds. The van der Waals surface area contributed by atoms with Crippen LogP contribution in [0.1, 0.15) is 39.0 Å². The van der Waals surface area contributed by atoms with E-state index in [1.165, 1.54) is 23.7 Å². The van der Waals surface area contributed by atoms with Crippen LogP contribution in [-0.4, -0.2) is 19.5 Å². The number of imidazole rings is 1. The summed E-state index contributed by atoms with van der Waals surface area (Å²) in [6, 6.07) is 0. The highest BCUT2D eigenvalue weighted by molar-refractivity contribution is 5.67. The molecular formula is C12H21N5O2. The fourth-order valence-electron chi connectivity index (χ4n) is 2.02. The molecule has 2 aromatic heterocycles. The summed E-state index contributed by atoms with van der Waals surface area (Å²) in [5, 5.41) is 0. The van der Waals surface area contributed by atoms with Crippen LogP contribution in [0, 0.1) is 0 Å². The van der Waals surface area contributed by atoms with Gasteiger partial charge in [0.15, 0.2) is 5.65 Å². The minimum Gasteiger partial charge on any atom is -0.344 e. The van der Waals surface area contributed by atoms with E-state index in [1.807, 2.05) is 0 Å². The third-order valence-electron chi connectivity index (χ3n) is 3.05. The summed E-state index contributed by atoms with van der Waals surface area (Å²) in [5.41, 5.74) is 0.0206. The van der Waals surface area contributed by atoms with Crippen molar-refractivity contribution >= 4 is 11.2 Å². The molecular weight excluding hydrogens is 246 g/mol. The first-order valence-corrected chi connectivity index (χ1v) is 6.40. The number of aromatic amines is 2. The van der Waals surface area contributed by atoms with Crippen molar-refractivity contribution in [3.05, 3.63) is 27.2 Å². The summed E-state index contributed by atoms with van der Waals surface area (Å²) in [6.45, 7) is 2.62. The van der Waals surface area contributed by atoms with Crippen molar-refractivity contribution in [3.8, 4) is 0 Å². The van der Waals surface area contributed by atoms with Gasteiger partial charge in [0, 0.05) is 6.54 Å². The minimum atomic E-state index is -0.380. The number of fused-ring (bicyclic) bond motifs is 1. The van der Waals surface area contributed by atoms with Crippen molar-refractivity contribution < 1.29 is 0 Å². The van der Waals surface area contributed by atoms with Crippen LogP contribution in [0.15, 0.2) is 15.9 Å². The molecule has 0 radical (unpaired) electrons. The number of aromatic nitrogens is 4. The monoisotopic (exact) mass is 267 g/mol. The molecule has 19 heavy (non-hydrogen) atoms. The molecule has 0 atom stereocenters. The number of rotatable bonds is 6. The van der Waals surface area contributed by atoms with Gasteiger partial charge in [0.25, 0.3) is 5.56 Å². The van der Waals surface area contributed by atoms with Crippen LogP contribution in [-0.2, 0) is 6.54 Å². The highest BCUT2D eigenvalue weighted by Crippen LogP contribution is 2.03. The summed E-state index contributed by atoms with van der Waals surface area (Å²) < 4.78 is 1.24. The predicted octanol–water partition coefficient (Wildman–Crippen LogP) is 1.55. The van der Waals surface area contributed by atoms with Crippen molar-refractivity contribution in [3.63, 3.8) is 0 Å². The number of nitrogens with zero attached hydrogens (tertiary/aromatic N) is 2. The predicted molar refractivity (Wildman–Crippen MR) is 74.8 cm³/mol. The van der Waals surface area contributed by atoms with Gasteiger partial charge in [-0.15, -0.1) is 0 Å². The quantitative estimate of drug-likeness (QED) is 0.688. The van der Waals surface area contributed by atoms with E-state index in [9.17, 15) is 9.59 Å². The molecule has 2 rings (SSSR count). The van der Waals surface area contributed by atoms with Gasteiger partial charge in [0.2, 0.25) is 0 Å². The van der Waals surface area contributed by atoms with Gasteiger partial charge in [-0.05, 0) is 6.42 Å². The standard InChI is InChI=1S/C12H18N4O2.H3N/c1-2-3-4-5-6-7-16-11(17)9-10(14-8-13-9)15-12(16)18;/h8H,2-7H2,1H3,(H,13,14)(H,15,18);1H3. The Morgan fingerprint density at radius 3 is 2.68 bits per heavy atom. The van der Waals surface area contributed by atoms with Gasteiger partial charge in [0.05, 0.1) is 6.33 Å². The second-order valence-electron chi connectivity index (χ2n) is 4.43. The van der Waals surface area contributed by atoms with Gasteiger partial charge < -0.3 is 11.1 Å². The normalized spacial score (nSPS) is 10.6. The Kier molecular flexibility index (Phi) is 5.50. The van der Waals surface area contributed by atoms with Crippen LogP contribution in [0.5, 0.6) is 0 Å². The van der Waals surface area contributed by atoms with Crippen LogP contribution >= 0.6 is 0 Å². The summed E-state index contributed by atoms with van der Waals surface area (Å²) in [4.78, 5) is 33.0. The van der Waals surface area contributed by atoms with Crippen LogP contribution in [0.3, 0.4) is 0 Å². The van der Waals surface area contributed by atoms with Crippen LogP contribution in [0.25, 0.3) is 11.2 Å². The van der Waals surface area contributed by atoms with Crippen molar-refractivity contribution in [2.45, 2.75) is 45.6 Å². The first-order valence-electron chi connectivity index (χ1n) is 6.40. The van der Waals surface area contributed by atoms with Gasteiger partial charge >= 0.3 is 5.69 Å².